The van der Waals surface area contributed by atoms with Crippen molar-refractivity contribution in [3.63, 3.8) is 0 Å². The Balaban J connectivity index is 1.67. The third-order valence-electron chi connectivity index (χ3n) is 4.82. The zero-order valence-corrected chi connectivity index (χ0v) is 16.3. The second-order valence-corrected chi connectivity index (χ2v) is 6.69. The molecular formula is C21H19FN4O4. The van der Waals surface area contributed by atoms with Gasteiger partial charge in [-0.05, 0) is 35.9 Å². The minimum Gasteiger partial charge on any atom is -0.493 e. The number of carbonyl (C=O) groups is 2. The van der Waals surface area contributed by atoms with Crippen molar-refractivity contribution in [2.75, 3.05) is 24.9 Å². The number of ether oxygens (including phenoxy) is 2. The molecule has 30 heavy (non-hydrogen) atoms. The molecule has 8 nitrogen and oxygen atoms in total. The normalized spacial score (nSPS) is 15.2. The molecule has 1 atom stereocenters. The van der Waals surface area contributed by atoms with Crippen molar-refractivity contribution in [3.8, 4) is 22.6 Å². The fourth-order valence-corrected chi connectivity index (χ4v) is 3.38. The van der Waals surface area contributed by atoms with Gasteiger partial charge in [-0.3, -0.25) is 9.59 Å². The molecule has 0 saturated heterocycles. The summed E-state index contributed by atoms with van der Waals surface area (Å²) >= 11 is 0. The molecule has 0 spiro atoms. The number of fused-ring (bicyclic) bond motifs is 1. The Morgan fingerprint density at radius 2 is 2.00 bits per heavy atom. The summed E-state index contributed by atoms with van der Waals surface area (Å²) in [6.07, 6.45) is 1.49. The Bertz CT molecular complexity index is 1130. The van der Waals surface area contributed by atoms with E-state index in [4.69, 9.17) is 9.47 Å². The third kappa shape index (κ3) is 3.57. The molecule has 2 amide bonds. The number of amides is 2. The molecule has 2 heterocycles. The van der Waals surface area contributed by atoms with E-state index in [9.17, 15) is 14.0 Å². The fraction of sp³-hybridized carbons (Fsp3) is 0.190. The van der Waals surface area contributed by atoms with Gasteiger partial charge in [-0.25, -0.2) is 9.07 Å². The van der Waals surface area contributed by atoms with Gasteiger partial charge in [0, 0.05) is 11.3 Å². The van der Waals surface area contributed by atoms with Gasteiger partial charge >= 0.3 is 0 Å². The minimum atomic E-state index is -0.870. The fourth-order valence-electron chi connectivity index (χ4n) is 3.38. The van der Waals surface area contributed by atoms with Crippen LogP contribution in [0.5, 0.6) is 11.5 Å². The number of halogens is 1. The average molecular weight is 410 g/mol. The minimum absolute atomic E-state index is 0.0821. The van der Waals surface area contributed by atoms with Crippen LogP contribution in [0.4, 0.5) is 15.9 Å². The first kappa shape index (κ1) is 19.4. The Kier molecular flexibility index (Phi) is 5.09. The van der Waals surface area contributed by atoms with Crippen molar-refractivity contribution >= 4 is 23.3 Å². The molecule has 1 aromatic heterocycles. The highest BCUT2D eigenvalue weighted by molar-refractivity contribution is 6.03. The lowest BCUT2D eigenvalue weighted by atomic mass is 10.1. The summed E-state index contributed by atoms with van der Waals surface area (Å²) in [4.78, 5) is 25.1. The van der Waals surface area contributed by atoms with E-state index in [1.54, 1.807) is 31.5 Å². The Morgan fingerprint density at radius 3 is 2.73 bits per heavy atom. The second-order valence-electron chi connectivity index (χ2n) is 6.69. The number of methoxy groups -OCH3 is 2. The van der Waals surface area contributed by atoms with Crippen LogP contribution in [-0.4, -0.2) is 35.8 Å². The number of nitrogens with zero attached hydrogens (tertiary/aromatic N) is 2. The molecule has 0 bridgehead atoms. The van der Waals surface area contributed by atoms with Crippen LogP contribution in [0.1, 0.15) is 12.5 Å². The molecular weight excluding hydrogens is 391 g/mol. The highest BCUT2D eigenvalue weighted by atomic mass is 19.1. The Morgan fingerprint density at radius 1 is 1.20 bits per heavy atom. The molecule has 0 saturated carbocycles. The molecule has 9 heteroatoms. The number of benzene rings is 2. The van der Waals surface area contributed by atoms with Crippen molar-refractivity contribution in [1.29, 1.82) is 0 Å². The van der Waals surface area contributed by atoms with Crippen molar-refractivity contribution < 1.29 is 23.5 Å². The van der Waals surface area contributed by atoms with Crippen LogP contribution in [0.25, 0.3) is 11.1 Å². The molecule has 0 unspecified atom stereocenters. The van der Waals surface area contributed by atoms with Gasteiger partial charge in [-0.1, -0.05) is 12.1 Å². The van der Waals surface area contributed by atoms with Crippen molar-refractivity contribution in [1.82, 2.24) is 9.78 Å². The number of rotatable bonds is 5. The monoisotopic (exact) mass is 410 g/mol. The molecule has 2 N–H and O–H groups in total. The van der Waals surface area contributed by atoms with Crippen LogP contribution in [0, 0.1) is 5.82 Å². The first-order valence-corrected chi connectivity index (χ1v) is 9.16. The first-order chi connectivity index (χ1) is 14.5. The second kappa shape index (κ2) is 7.86. The van der Waals surface area contributed by atoms with Gasteiger partial charge in [-0.2, -0.15) is 5.10 Å². The van der Waals surface area contributed by atoms with Gasteiger partial charge in [0.1, 0.15) is 17.7 Å². The van der Waals surface area contributed by atoms with Gasteiger partial charge in [0.2, 0.25) is 11.8 Å². The molecule has 4 rings (SSSR count). The quantitative estimate of drug-likeness (QED) is 0.674. The summed E-state index contributed by atoms with van der Waals surface area (Å²) in [6.45, 7) is 0. The SMILES string of the molecule is COc1ccc(-c2cnn3c2NC(=O)C[C@@H]3C(=O)Nc2cccc(F)c2)cc1OC. The van der Waals surface area contributed by atoms with E-state index in [2.05, 4.69) is 15.7 Å². The first-order valence-electron chi connectivity index (χ1n) is 9.16. The topological polar surface area (TPSA) is 94.5 Å². The summed E-state index contributed by atoms with van der Waals surface area (Å²) in [6, 6.07) is 10.0. The Hall–Kier alpha value is -3.88. The van der Waals surface area contributed by atoms with E-state index >= 15 is 0 Å². The molecule has 1 aliphatic heterocycles. The van der Waals surface area contributed by atoms with E-state index in [0.29, 0.717) is 28.6 Å². The molecule has 2 aromatic carbocycles. The van der Waals surface area contributed by atoms with Crippen LogP contribution in [0.2, 0.25) is 0 Å². The maximum atomic E-state index is 13.4. The van der Waals surface area contributed by atoms with Crippen LogP contribution in [0.3, 0.4) is 0 Å². The van der Waals surface area contributed by atoms with Crippen LogP contribution >= 0.6 is 0 Å². The number of carbonyl (C=O) groups excluding carboxylic acids is 2. The van der Waals surface area contributed by atoms with Gasteiger partial charge in [0.25, 0.3) is 0 Å². The summed E-state index contributed by atoms with van der Waals surface area (Å²) in [5.41, 5.74) is 1.67. The standard InChI is InChI=1S/C21H19FN4O4/c1-29-17-7-6-12(8-18(17)30-2)15-11-23-26-16(10-19(27)25-20(15)26)21(28)24-14-5-3-4-13(22)9-14/h3-9,11,16H,10H2,1-2H3,(H,24,28)(H,25,27)/t16-/m1/s1. The predicted octanol–water partition coefficient (Wildman–Crippen LogP) is 3.23. The number of aromatic nitrogens is 2. The van der Waals surface area contributed by atoms with E-state index in [0.717, 1.165) is 5.56 Å². The number of nitrogens with one attached hydrogen (secondary N) is 2. The largest absolute Gasteiger partial charge is 0.493 e. The van der Waals surface area contributed by atoms with Crippen molar-refractivity contribution in [2.24, 2.45) is 0 Å². The molecule has 0 aliphatic carbocycles. The van der Waals surface area contributed by atoms with Gasteiger partial charge < -0.3 is 20.1 Å². The zero-order chi connectivity index (χ0) is 21.3. The van der Waals surface area contributed by atoms with E-state index in [-0.39, 0.29) is 12.3 Å². The lowest BCUT2D eigenvalue weighted by molar-refractivity contribution is -0.125. The zero-order valence-electron chi connectivity index (χ0n) is 16.3. The van der Waals surface area contributed by atoms with Gasteiger partial charge in [0.05, 0.1) is 26.8 Å². The van der Waals surface area contributed by atoms with Crippen LogP contribution < -0.4 is 20.1 Å². The smallest absolute Gasteiger partial charge is 0.249 e. The van der Waals surface area contributed by atoms with Crippen molar-refractivity contribution in [3.05, 3.63) is 54.5 Å². The predicted molar refractivity (Wildman–Crippen MR) is 108 cm³/mol. The summed E-state index contributed by atoms with van der Waals surface area (Å²) in [7, 11) is 3.07. The summed E-state index contributed by atoms with van der Waals surface area (Å²) in [5, 5.41) is 9.74. The maximum Gasteiger partial charge on any atom is 0.249 e. The van der Waals surface area contributed by atoms with Crippen LogP contribution in [0.15, 0.2) is 48.7 Å². The number of hydrogen-bond acceptors (Lipinski definition) is 5. The Labute approximate surface area is 171 Å². The molecule has 0 radical (unpaired) electrons. The average Bonchev–Trinajstić information content (AvgIpc) is 3.16. The summed E-state index contributed by atoms with van der Waals surface area (Å²) in [5.74, 6) is 0.251. The number of hydrogen-bond donors (Lipinski definition) is 2. The van der Waals surface area contributed by atoms with E-state index in [1.165, 1.54) is 30.0 Å². The van der Waals surface area contributed by atoms with Gasteiger partial charge in [0.15, 0.2) is 11.5 Å². The molecule has 154 valence electrons. The summed E-state index contributed by atoms with van der Waals surface area (Å²) < 4.78 is 25.5. The maximum absolute atomic E-state index is 13.4. The van der Waals surface area contributed by atoms with E-state index in [1.807, 2.05) is 6.07 Å². The molecule has 3 aromatic rings. The molecule has 0 fully saturated rings. The highest BCUT2D eigenvalue weighted by Gasteiger charge is 2.33. The highest BCUT2D eigenvalue weighted by Crippen LogP contribution is 2.38. The third-order valence-corrected chi connectivity index (χ3v) is 4.82. The van der Waals surface area contributed by atoms with Crippen molar-refractivity contribution in [2.45, 2.75) is 12.5 Å². The number of anilines is 2. The lowest BCUT2D eigenvalue weighted by Crippen LogP contribution is -2.35. The van der Waals surface area contributed by atoms with Crippen LogP contribution in [-0.2, 0) is 9.59 Å². The van der Waals surface area contributed by atoms with Gasteiger partial charge in [-0.15, -0.1) is 0 Å². The molecule has 1 aliphatic rings. The lowest BCUT2D eigenvalue weighted by Gasteiger charge is -2.24. The van der Waals surface area contributed by atoms with E-state index < -0.39 is 17.8 Å².